The normalized spacial score (nSPS) is 14.9. The number of alkyl halides is 1. The van der Waals surface area contributed by atoms with E-state index in [-0.39, 0.29) is 5.82 Å². The van der Waals surface area contributed by atoms with E-state index in [0.29, 0.717) is 31.4 Å². The Labute approximate surface area is 100.0 Å². The van der Waals surface area contributed by atoms with Crippen molar-refractivity contribution < 1.29 is 13.5 Å². The fourth-order valence-electron chi connectivity index (χ4n) is 1.61. The van der Waals surface area contributed by atoms with Gasteiger partial charge in [-0.25, -0.2) is 4.39 Å². The van der Waals surface area contributed by atoms with Gasteiger partial charge in [-0.1, -0.05) is 0 Å². The van der Waals surface area contributed by atoms with Gasteiger partial charge in [0.15, 0.2) is 0 Å². The summed E-state index contributed by atoms with van der Waals surface area (Å²) in [6, 6.07) is 5.01. The van der Waals surface area contributed by atoms with Gasteiger partial charge in [0.25, 0.3) is 0 Å². The van der Waals surface area contributed by atoms with Gasteiger partial charge in [0, 0.05) is 24.6 Å². The second-order valence-corrected chi connectivity index (χ2v) is 4.30. The summed E-state index contributed by atoms with van der Waals surface area (Å²) in [5.74, 6) is 0.378. The van der Waals surface area contributed by atoms with Gasteiger partial charge < -0.3 is 10.1 Å². The molecular formula is C13H17F2NO. The van der Waals surface area contributed by atoms with Gasteiger partial charge in [0.2, 0.25) is 0 Å². The van der Waals surface area contributed by atoms with Crippen LogP contribution in [-0.2, 0) is 6.54 Å². The monoisotopic (exact) mass is 241 g/mol. The van der Waals surface area contributed by atoms with Gasteiger partial charge >= 0.3 is 0 Å². The molecule has 1 aliphatic rings. The summed E-state index contributed by atoms with van der Waals surface area (Å²) in [6.45, 7) is 0.544. The third kappa shape index (κ3) is 3.97. The van der Waals surface area contributed by atoms with Crippen LogP contribution in [0.3, 0.4) is 0 Å². The predicted octanol–water partition coefficient (Wildman–Crippen LogP) is 2.82. The van der Waals surface area contributed by atoms with Crippen molar-refractivity contribution in [1.82, 2.24) is 5.32 Å². The van der Waals surface area contributed by atoms with Crippen molar-refractivity contribution in [2.75, 3.05) is 13.3 Å². The van der Waals surface area contributed by atoms with E-state index >= 15 is 0 Å². The summed E-state index contributed by atoms with van der Waals surface area (Å²) in [5.41, 5.74) is 0.802. The first kappa shape index (κ1) is 12.3. The molecule has 4 heteroatoms. The van der Waals surface area contributed by atoms with E-state index in [9.17, 15) is 8.78 Å². The number of hydrogen-bond donors (Lipinski definition) is 1. The molecule has 1 aromatic carbocycles. The zero-order valence-electron chi connectivity index (χ0n) is 9.72. The van der Waals surface area contributed by atoms with Crippen LogP contribution in [0, 0.1) is 5.82 Å². The molecule has 0 saturated heterocycles. The van der Waals surface area contributed by atoms with Crippen molar-refractivity contribution >= 4 is 0 Å². The van der Waals surface area contributed by atoms with E-state index in [1.165, 1.54) is 25.0 Å². The highest BCUT2D eigenvalue weighted by Gasteiger charge is 2.20. The lowest BCUT2D eigenvalue weighted by molar-refractivity contribution is 0.286. The Bertz CT molecular complexity index is 366. The highest BCUT2D eigenvalue weighted by Crippen LogP contribution is 2.23. The molecule has 94 valence electrons. The predicted molar refractivity (Wildman–Crippen MR) is 62.3 cm³/mol. The Hall–Kier alpha value is -1.16. The van der Waals surface area contributed by atoms with E-state index < -0.39 is 6.67 Å². The van der Waals surface area contributed by atoms with Gasteiger partial charge in [0.05, 0.1) is 13.3 Å². The number of rotatable bonds is 7. The second-order valence-electron chi connectivity index (χ2n) is 4.30. The molecule has 2 rings (SSSR count). The fourth-order valence-corrected chi connectivity index (χ4v) is 1.61. The second kappa shape index (κ2) is 5.96. The van der Waals surface area contributed by atoms with Crippen molar-refractivity contribution in [3.05, 3.63) is 29.6 Å². The first-order valence-electron chi connectivity index (χ1n) is 6.00. The Morgan fingerprint density at radius 1 is 1.35 bits per heavy atom. The Kier molecular flexibility index (Phi) is 4.31. The van der Waals surface area contributed by atoms with Gasteiger partial charge in [-0.05, 0) is 31.0 Å². The summed E-state index contributed by atoms with van der Waals surface area (Å²) < 4.78 is 30.5. The summed E-state index contributed by atoms with van der Waals surface area (Å²) in [5, 5.41) is 3.31. The van der Waals surface area contributed by atoms with Crippen molar-refractivity contribution in [1.29, 1.82) is 0 Å². The molecule has 2 nitrogen and oxygen atoms in total. The highest BCUT2D eigenvalue weighted by atomic mass is 19.1. The maximum Gasteiger partial charge on any atom is 0.123 e. The number of hydrogen-bond acceptors (Lipinski definition) is 2. The minimum absolute atomic E-state index is 0.268. The molecule has 1 saturated carbocycles. The third-order valence-electron chi connectivity index (χ3n) is 2.72. The van der Waals surface area contributed by atoms with Crippen molar-refractivity contribution in [3.8, 4) is 5.75 Å². The van der Waals surface area contributed by atoms with Crippen LogP contribution in [0.15, 0.2) is 18.2 Å². The SMILES string of the molecule is FCCCOc1ccc(F)cc1CNC1CC1. The van der Waals surface area contributed by atoms with E-state index in [1.807, 2.05) is 0 Å². The molecule has 0 bridgehead atoms. The number of halogens is 2. The molecule has 0 amide bonds. The highest BCUT2D eigenvalue weighted by molar-refractivity contribution is 5.34. The minimum Gasteiger partial charge on any atom is -0.493 e. The lowest BCUT2D eigenvalue weighted by Crippen LogP contribution is -2.16. The zero-order valence-corrected chi connectivity index (χ0v) is 9.72. The molecule has 0 radical (unpaired) electrons. The maximum atomic E-state index is 13.1. The summed E-state index contributed by atoms with van der Waals surface area (Å²) in [6.07, 6.45) is 2.74. The largest absolute Gasteiger partial charge is 0.493 e. The molecule has 0 aliphatic heterocycles. The van der Waals surface area contributed by atoms with Crippen molar-refractivity contribution in [2.45, 2.75) is 31.8 Å². The fraction of sp³-hybridized carbons (Fsp3) is 0.538. The number of nitrogens with one attached hydrogen (secondary N) is 1. The molecule has 0 atom stereocenters. The van der Waals surface area contributed by atoms with Crippen LogP contribution in [0.5, 0.6) is 5.75 Å². The van der Waals surface area contributed by atoms with Crippen LogP contribution >= 0.6 is 0 Å². The van der Waals surface area contributed by atoms with Gasteiger partial charge in [-0.15, -0.1) is 0 Å². The molecule has 0 spiro atoms. The van der Waals surface area contributed by atoms with Crippen LogP contribution in [0.2, 0.25) is 0 Å². The van der Waals surface area contributed by atoms with E-state index in [1.54, 1.807) is 6.07 Å². The Morgan fingerprint density at radius 3 is 2.88 bits per heavy atom. The quantitative estimate of drug-likeness (QED) is 0.741. The Balaban J connectivity index is 1.95. The van der Waals surface area contributed by atoms with Crippen molar-refractivity contribution in [3.63, 3.8) is 0 Å². The molecule has 0 aromatic heterocycles. The molecule has 0 heterocycles. The molecule has 1 aromatic rings. The Morgan fingerprint density at radius 2 is 2.18 bits per heavy atom. The van der Waals surface area contributed by atoms with E-state index in [2.05, 4.69) is 5.32 Å². The molecule has 0 unspecified atom stereocenters. The third-order valence-corrected chi connectivity index (χ3v) is 2.72. The van der Waals surface area contributed by atoms with Crippen molar-refractivity contribution in [2.24, 2.45) is 0 Å². The molecular weight excluding hydrogens is 224 g/mol. The summed E-state index contributed by atoms with van der Waals surface area (Å²) in [7, 11) is 0. The van der Waals surface area contributed by atoms with Crippen LogP contribution < -0.4 is 10.1 Å². The topological polar surface area (TPSA) is 21.3 Å². The minimum atomic E-state index is -0.392. The molecule has 17 heavy (non-hydrogen) atoms. The molecule has 1 aliphatic carbocycles. The van der Waals surface area contributed by atoms with E-state index in [4.69, 9.17) is 4.74 Å². The number of benzene rings is 1. The average molecular weight is 241 g/mol. The maximum absolute atomic E-state index is 13.1. The first-order chi connectivity index (χ1) is 8.29. The lowest BCUT2D eigenvalue weighted by Gasteiger charge is -2.11. The van der Waals surface area contributed by atoms with Gasteiger partial charge in [0.1, 0.15) is 11.6 Å². The summed E-state index contributed by atoms with van der Waals surface area (Å²) >= 11 is 0. The van der Waals surface area contributed by atoms with Gasteiger partial charge in [-0.3, -0.25) is 4.39 Å². The van der Waals surface area contributed by atoms with Gasteiger partial charge in [-0.2, -0.15) is 0 Å². The lowest BCUT2D eigenvalue weighted by atomic mass is 10.2. The first-order valence-corrected chi connectivity index (χ1v) is 6.00. The van der Waals surface area contributed by atoms with Crippen LogP contribution in [-0.4, -0.2) is 19.3 Å². The smallest absolute Gasteiger partial charge is 0.123 e. The standard InChI is InChI=1S/C13H17F2NO/c14-6-1-7-17-13-5-2-11(15)8-10(13)9-16-12-3-4-12/h2,5,8,12,16H,1,3-4,6-7,9H2. The molecule has 1 N–H and O–H groups in total. The summed E-state index contributed by atoms with van der Waals surface area (Å²) in [4.78, 5) is 0. The average Bonchev–Trinajstić information content (AvgIpc) is 3.13. The molecule has 1 fully saturated rings. The van der Waals surface area contributed by atoms with E-state index in [0.717, 1.165) is 5.56 Å². The van der Waals surface area contributed by atoms with Crippen LogP contribution in [0.1, 0.15) is 24.8 Å². The van der Waals surface area contributed by atoms with Crippen LogP contribution in [0.4, 0.5) is 8.78 Å². The zero-order chi connectivity index (χ0) is 12.1. The van der Waals surface area contributed by atoms with Crippen LogP contribution in [0.25, 0.3) is 0 Å². The number of ether oxygens (including phenoxy) is 1.